The minimum atomic E-state index is -1.88. The van der Waals surface area contributed by atoms with E-state index in [1.807, 2.05) is 30.3 Å². The zero-order chi connectivity index (χ0) is 17.0. The van der Waals surface area contributed by atoms with Crippen molar-refractivity contribution in [2.24, 2.45) is 0 Å². The van der Waals surface area contributed by atoms with Crippen LogP contribution in [0, 0.1) is 0 Å². The first-order valence-corrected chi connectivity index (χ1v) is 10.5. The fourth-order valence-electron chi connectivity index (χ4n) is 1.86. The second kappa shape index (κ2) is 7.25. The predicted molar refractivity (Wildman–Crippen MR) is 93.5 cm³/mol. The van der Waals surface area contributed by atoms with Gasteiger partial charge in [-0.1, -0.05) is 57.7 Å². The van der Waals surface area contributed by atoms with Crippen molar-refractivity contribution in [2.75, 3.05) is 13.7 Å². The fourth-order valence-corrected chi connectivity index (χ4v) is 2.88. The Hall–Kier alpha value is -1.39. The lowest BCUT2D eigenvalue weighted by Gasteiger charge is -2.37. The molecule has 1 aromatic rings. The van der Waals surface area contributed by atoms with Gasteiger partial charge in [0.25, 0.3) is 0 Å². The first kappa shape index (κ1) is 18.7. The number of rotatable bonds is 6. The van der Waals surface area contributed by atoms with Crippen LogP contribution in [0.15, 0.2) is 42.5 Å². The normalized spacial score (nSPS) is 13.5. The van der Waals surface area contributed by atoms with E-state index in [4.69, 9.17) is 9.16 Å². The van der Waals surface area contributed by atoms with Crippen LogP contribution in [0.4, 0.5) is 0 Å². The second-order valence-corrected chi connectivity index (χ2v) is 11.9. The van der Waals surface area contributed by atoms with Gasteiger partial charge < -0.3 is 9.16 Å². The summed E-state index contributed by atoms with van der Waals surface area (Å²) in [6, 6.07) is 9.86. The van der Waals surface area contributed by atoms with E-state index >= 15 is 0 Å². The summed E-state index contributed by atoms with van der Waals surface area (Å²) in [6.45, 7) is 15.4. The predicted octanol–water partition coefficient (Wildman–Crippen LogP) is 4.52. The molecule has 3 nitrogen and oxygen atoms in total. The van der Waals surface area contributed by atoms with Crippen molar-refractivity contribution in [3.8, 4) is 0 Å². The lowest BCUT2D eigenvalue weighted by Crippen LogP contribution is -2.42. The third-order valence-corrected chi connectivity index (χ3v) is 8.99. The van der Waals surface area contributed by atoms with Gasteiger partial charge in [-0.2, -0.15) is 0 Å². The summed E-state index contributed by atoms with van der Waals surface area (Å²) in [5, 5.41) is 0.126. The molecule has 0 aliphatic carbocycles. The van der Waals surface area contributed by atoms with Gasteiger partial charge in [-0.3, -0.25) is 0 Å². The number of methoxy groups -OCH3 is 1. The summed E-state index contributed by atoms with van der Waals surface area (Å²) < 4.78 is 11.1. The minimum Gasteiger partial charge on any atom is -0.466 e. The highest BCUT2D eigenvalue weighted by Crippen LogP contribution is 2.38. The van der Waals surface area contributed by atoms with E-state index < -0.39 is 8.32 Å². The second-order valence-electron chi connectivity index (χ2n) is 7.05. The number of esters is 1. The van der Waals surface area contributed by atoms with E-state index in [0.29, 0.717) is 12.2 Å². The molecule has 0 heterocycles. The molecule has 0 aromatic heterocycles. The molecule has 1 atom stereocenters. The molecule has 1 aromatic carbocycles. The molecule has 1 rings (SSSR count). The van der Waals surface area contributed by atoms with Crippen molar-refractivity contribution >= 4 is 14.3 Å². The Labute approximate surface area is 135 Å². The molecule has 1 unspecified atom stereocenters. The number of ether oxygens (including phenoxy) is 1. The average Bonchev–Trinajstić information content (AvgIpc) is 2.46. The fraction of sp³-hybridized carbons (Fsp3) is 0.500. The van der Waals surface area contributed by atoms with Gasteiger partial charge in [0.1, 0.15) is 0 Å². The van der Waals surface area contributed by atoms with Gasteiger partial charge in [-0.25, -0.2) is 4.79 Å². The van der Waals surface area contributed by atoms with Crippen molar-refractivity contribution in [1.29, 1.82) is 0 Å². The van der Waals surface area contributed by atoms with Gasteiger partial charge >= 0.3 is 5.97 Å². The molecule has 0 aliphatic heterocycles. The lowest BCUT2D eigenvalue weighted by atomic mass is 9.93. The van der Waals surface area contributed by atoms with E-state index in [2.05, 4.69) is 40.4 Å². The summed E-state index contributed by atoms with van der Waals surface area (Å²) in [5.74, 6) is -0.560. The van der Waals surface area contributed by atoms with Crippen LogP contribution in [-0.2, 0) is 14.0 Å². The maximum atomic E-state index is 11.9. The van der Waals surface area contributed by atoms with Gasteiger partial charge in [0.05, 0.1) is 7.11 Å². The number of benzene rings is 1. The number of hydrogen-bond acceptors (Lipinski definition) is 3. The van der Waals surface area contributed by atoms with Crippen LogP contribution in [0.5, 0.6) is 0 Å². The maximum Gasteiger partial charge on any atom is 0.333 e. The first-order valence-electron chi connectivity index (χ1n) is 7.56. The Kier molecular flexibility index (Phi) is 6.14. The molecule has 0 radical (unpaired) electrons. The number of hydrogen-bond donors (Lipinski definition) is 0. The summed E-state index contributed by atoms with van der Waals surface area (Å²) in [4.78, 5) is 11.9. The van der Waals surface area contributed by atoms with Gasteiger partial charge in [-0.15, -0.1) is 0 Å². The van der Waals surface area contributed by atoms with Crippen LogP contribution < -0.4 is 0 Å². The summed E-state index contributed by atoms with van der Waals surface area (Å²) in [5.41, 5.74) is 1.46. The highest BCUT2D eigenvalue weighted by atomic mass is 28.4. The van der Waals surface area contributed by atoms with E-state index in [1.165, 1.54) is 7.11 Å². The molecule has 0 saturated heterocycles. The highest BCUT2D eigenvalue weighted by molar-refractivity contribution is 6.74. The first-order chi connectivity index (χ1) is 10.1. The molecule has 0 saturated carbocycles. The Morgan fingerprint density at radius 3 is 2.23 bits per heavy atom. The Morgan fingerprint density at radius 2 is 1.77 bits per heavy atom. The van der Waals surface area contributed by atoms with Crippen molar-refractivity contribution in [3.05, 3.63) is 48.0 Å². The third-order valence-electron chi connectivity index (χ3n) is 4.49. The van der Waals surface area contributed by atoms with Gasteiger partial charge in [-0.05, 0) is 23.7 Å². The summed E-state index contributed by atoms with van der Waals surface area (Å²) >= 11 is 0. The summed E-state index contributed by atoms with van der Waals surface area (Å²) in [7, 11) is -0.505. The van der Waals surface area contributed by atoms with Crippen LogP contribution >= 0.6 is 0 Å². The van der Waals surface area contributed by atoms with Gasteiger partial charge in [0, 0.05) is 18.1 Å². The standard InChI is InChI=1S/C18H28O3Si/c1-14(17(19)20-5)16(15-11-9-8-10-12-15)13-21-22(6,7)18(2,3)4/h8-12,16H,1,13H2,2-7H3. The Morgan fingerprint density at radius 1 is 1.23 bits per heavy atom. The molecule has 4 heteroatoms. The SMILES string of the molecule is C=C(C(=O)OC)C(CO[Si](C)(C)C(C)(C)C)c1ccccc1. The minimum absolute atomic E-state index is 0.126. The van der Waals surface area contributed by atoms with Crippen LogP contribution in [0.3, 0.4) is 0 Å². The number of carbonyl (C=O) groups is 1. The highest BCUT2D eigenvalue weighted by Gasteiger charge is 2.38. The molecule has 0 fully saturated rings. The Balaban J connectivity index is 2.98. The molecule has 22 heavy (non-hydrogen) atoms. The Bertz CT molecular complexity index is 515. The molecule has 0 spiro atoms. The largest absolute Gasteiger partial charge is 0.466 e. The molecule has 0 bridgehead atoms. The molecule has 0 aliphatic rings. The van der Waals surface area contributed by atoms with Crippen molar-refractivity contribution in [2.45, 2.75) is 44.8 Å². The maximum absolute atomic E-state index is 11.9. The third kappa shape index (κ3) is 4.55. The topological polar surface area (TPSA) is 35.5 Å². The van der Waals surface area contributed by atoms with Crippen LogP contribution in [0.1, 0.15) is 32.3 Å². The molecule has 122 valence electrons. The smallest absolute Gasteiger partial charge is 0.333 e. The summed E-state index contributed by atoms with van der Waals surface area (Å²) in [6.07, 6.45) is 0. The van der Waals surface area contributed by atoms with Gasteiger partial charge in [0.2, 0.25) is 0 Å². The van der Waals surface area contributed by atoms with Crippen molar-refractivity contribution in [3.63, 3.8) is 0 Å². The van der Waals surface area contributed by atoms with Gasteiger partial charge in [0.15, 0.2) is 8.32 Å². The molecule has 0 amide bonds. The van der Waals surface area contributed by atoms with Crippen LogP contribution in [0.25, 0.3) is 0 Å². The quantitative estimate of drug-likeness (QED) is 0.439. The average molecular weight is 321 g/mol. The zero-order valence-corrected chi connectivity index (χ0v) is 15.6. The van der Waals surface area contributed by atoms with Crippen molar-refractivity contribution in [1.82, 2.24) is 0 Å². The lowest BCUT2D eigenvalue weighted by molar-refractivity contribution is -0.136. The van der Waals surface area contributed by atoms with E-state index in [0.717, 1.165) is 5.56 Å². The molecular weight excluding hydrogens is 292 g/mol. The van der Waals surface area contributed by atoms with Crippen LogP contribution in [-0.4, -0.2) is 28.0 Å². The van der Waals surface area contributed by atoms with E-state index in [-0.39, 0.29) is 16.9 Å². The monoisotopic (exact) mass is 320 g/mol. The zero-order valence-electron chi connectivity index (χ0n) is 14.6. The van der Waals surface area contributed by atoms with Crippen LogP contribution in [0.2, 0.25) is 18.1 Å². The molecule has 0 N–H and O–H groups in total. The molecular formula is C18H28O3Si. The van der Waals surface area contributed by atoms with Crippen molar-refractivity contribution < 1.29 is 14.0 Å². The van der Waals surface area contributed by atoms with E-state index in [1.54, 1.807) is 0 Å². The number of carbonyl (C=O) groups excluding carboxylic acids is 1. The van der Waals surface area contributed by atoms with E-state index in [9.17, 15) is 4.79 Å².